The highest BCUT2D eigenvalue weighted by atomic mass is 16.6. The van der Waals surface area contributed by atoms with E-state index in [1.807, 2.05) is 30.3 Å². The maximum atomic E-state index is 12.3. The van der Waals surface area contributed by atoms with Gasteiger partial charge in [-0.2, -0.15) is 0 Å². The molecule has 1 unspecified atom stereocenters. The van der Waals surface area contributed by atoms with Crippen LogP contribution in [0.3, 0.4) is 0 Å². The van der Waals surface area contributed by atoms with E-state index in [1.54, 1.807) is 12.4 Å². The van der Waals surface area contributed by atoms with Crippen molar-refractivity contribution in [1.29, 1.82) is 0 Å². The lowest BCUT2D eigenvalue weighted by atomic mass is 10.2. The molecule has 2 aliphatic rings. The molecule has 0 saturated carbocycles. The summed E-state index contributed by atoms with van der Waals surface area (Å²) >= 11 is 0. The SMILES string of the molecule is O=C(NCCN1CCN(c2ncccn2)CC1)C1COc2ccccc2O1. The fourth-order valence-electron chi connectivity index (χ4n) is 3.23. The fourth-order valence-corrected chi connectivity index (χ4v) is 3.23. The first kappa shape index (κ1) is 17.5. The van der Waals surface area contributed by atoms with Gasteiger partial charge < -0.3 is 19.7 Å². The van der Waals surface area contributed by atoms with Gasteiger partial charge in [0.2, 0.25) is 12.1 Å². The molecule has 2 aliphatic heterocycles. The number of nitrogens with zero attached hydrogens (tertiary/aromatic N) is 4. The number of fused-ring (bicyclic) bond motifs is 1. The summed E-state index contributed by atoms with van der Waals surface area (Å²) in [6.07, 6.45) is 2.92. The van der Waals surface area contributed by atoms with Crippen LogP contribution in [-0.4, -0.2) is 72.8 Å². The number of piperazine rings is 1. The van der Waals surface area contributed by atoms with Gasteiger partial charge in [-0.3, -0.25) is 9.69 Å². The quantitative estimate of drug-likeness (QED) is 0.825. The van der Waals surface area contributed by atoms with E-state index in [4.69, 9.17) is 9.47 Å². The Bertz CT molecular complexity index is 765. The van der Waals surface area contributed by atoms with Gasteiger partial charge >= 0.3 is 0 Å². The minimum Gasteiger partial charge on any atom is -0.485 e. The lowest BCUT2D eigenvalue weighted by Crippen LogP contribution is -2.50. The van der Waals surface area contributed by atoms with Gasteiger partial charge in [-0.25, -0.2) is 9.97 Å². The van der Waals surface area contributed by atoms with Gasteiger partial charge in [0.15, 0.2) is 11.5 Å². The van der Waals surface area contributed by atoms with E-state index in [-0.39, 0.29) is 12.5 Å². The predicted molar refractivity (Wildman–Crippen MR) is 100 cm³/mol. The molecule has 1 N–H and O–H groups in total. The third kappa shape index (κ3) is 4.28. The first-order valence-corrected chi connectivity index (χ1v) is 9.20. The van der Waals surface area contributed by atoms with E-state index in [2.05, 4.69) is 25.1 Å². The van der Waals surface area contributed by atoms with Crippen LogP contribution < -0.4 is 19.7 Å². The maximum Gasteiger partial charge on any atom is 0.264 e. The van der Waals surface area contributed by atoms with Crippen molar-refractivity contribution in [3.05, 3.63) is 42.7 Å². The summed E-state index contributed by atoms with van der Waals surface area (Å²) in [5, 5.41) is 2.95. The van der Waals surface area contributed by atoms with Crippen molar-refractivity contribution < 1.29 is 14.3 Å². The Labute approximate surface area is 158 Å². The molecule has 27 heavy (non-hydrogen) atoms. The van der Waals surface area contributed by atoms with E-state index in [9.17, 15) is 4.79 Å². The summed E-state index contributed by atoms with van der Waals surface area (Å²) in [7, 11) is 0. The van der Waals surface area contributed by atoms with Crippen molar-refractivity contribution in [3.8, 4) is 11.5 Å². The number of amides is 1. The molecule has 2 aromatic rings. The van der Waals surface area contributed by atoms with E-state index in [0.29, 0.717) is 18.0 Å². The van der Waals surface area contributed by atoms with Crippen molar-refractivity contribution in [2.24, 2.45) is 0 Å². The van der Waals surface area contributed by atoms with Crippen LogP contribution in [-0.2, 0) is 4.79 Å². The van der Waals surface area contributed by atoms with Gasteiger partial charge in [0.05, 0.1) is 0 Å². The molecule has 0 aliphatic carbocycles. The Balaban J connectivity index is 1.18. The molecule has 3 heterocycles. The Morgan fingerprint density at radius 2 is 1.81 bits per heavy atom. The molecule has 1 aromatic heterocycles. The Morgan fingerprint density at radius 3 is 2.59 bits per heavy atom. The zero-order valence-corrected chi connectivity index (χ0v) is 15.1. The smallest absolute Gasteiger partial charge is 0.264 e. The van der Waals surface area contributed by atoms with Crippen LogP contribution >= 0.6 is 0 Å². The van der Waals surface area contributed by atoms with E-state index in [1.165, 1.54) is 0 Å². The van der Waals surface area contributed by atoms with Gasteiger partial charge in [0.25, 0.3) is 5.91 Å². The number of carbonyl (C=O) groups is 1. The van der Waals surface area contributed by atoms with Crippen molar-refractivity contribution in [2.75, 3.05) is 50.8 Å². The standard InChI is InChI=1S/C19H23N5O3/c25-18(17-14-26-15-4-1-2-5-16(15)27-17)20-8-9-23-10-12-24(13-11-23)19-21-6-3-7-22-19/h1-7,17H,8-14H2,(H,20,25). The second-order valence-corrected chi connectivity index (χ2v) is 6.53. The largest absolute Gasteiger partial charge is 0.485 e. The average Bonchev–Trinajstić information content (AvgIpc) is 2.74. The molecular weight excluding hydrogens is 346 g/mol. The van der Waals surface area contributed by atoms with Crippen LogP contribution in [0.2, 0.25) is 0 Å². The summed E-state index contributed by atoms with van der Waals surface area (Å²) in [6, 6.07) is 9.21. The molecule has 0 bridgehead atoms. The van der Waals surface area contributed by atoms with Crippen LogP contribution in [0.25, 0.3) is 0 Å². The number of nitrogens with one attached hydrogen (secondary N) is 1. The average molecular weight is 369 g/mol. The summed E-state index contributed by atoms with van der Waals surface area (Å²) < 4.78 is 11.3. The molecule has 8 nitrogen and oxygen atoms in total. The minimum atomic E-state index is -0.605. The maximum absolute atomic E-state index is 12.3. The van der Waals surface area contributed by atoms with Crippen LogP contribution in [0, 0.1) is 0 Å². The molecule has 4 rings (SSSR count). The number of hydrogen-bond acceptors (Lipinski definition) is 7. The number of para-hydroxylation sites is 2. The van der Waals surface area contributed by atoms with Gasteiger partial charge in [0.1, 0.15) is 6.61 Å². The van der Waals surface area contributed by atoms with E-state index < -0.39 is 6.10 Å². The second kappa shape index (κ2) is 8.22. The number of benzene rings is 1. The third-order valence-corrected chi connectivity index (χ3v) is 4.74. The van der Waals surface area contributed by atoms with Gasteiger partial charge in [-0.15, -0.1) is 0 Å². The molecular formula is C19H23N5O3. The third-order valence-electron chi connectivity index (χ3n) is 4.74. The molecule has 1 saturated heterocycles. The van der Waals surface area contributed by atoms with Gasteiger partial charge in [-0.05, 0) is 18.2 Å². The molecule has 142 valence electrons. The van der Waals surface area contributed by atoms with Crippen molar-refractivity contribution in [1.82, 2.24) is 20.2 Å². The van der Waals surface area contributed by atoms with Crippen LogP contribution in [0.1, 0.15) is 0 Å². The summed E-state index contributed by atoms with van der Waals surface area (Å²) in [4.78, 5) is 25.4. The Hall–Kier alpha value is -2.87. The van der Waals surface area contributed by atoms with Crippen LogP contribution in [0.4, 0.5) is 5.95 Å². The Kier molecular flexibility index (Phi) is 5.34. The molecule has 1 fully saturated rings. The lowest BCUT2D eigenvalue weighted by Gasteiger charge is -2.34. The summed E-state index contributed by atoms with van der Waals surface area (Å²) in [5.41, 5.74) is 0. The monoisotopic (exact) mass is 369 g/mol. The first-order chi connectivity index (χ1) is 13.3. The molecule has 1 aromatic carbocycles. The van der Waals surface area contributed by atoms with Crippen molar-refractivity contribution in [3.63, 3.8) is 0 Å². The lowest BCUT2D eigenvalue weighted by molar-refractivity contribution is -0.130. The van der Waals surface area contributed by atoms with E-state index >= 15 is 0 Å². The highest BCUT2D eigenvalue weighted by molar-refractivity contribution is 5.81. The topological polar surface area (TPSA) is 79.8 Å². The zero-order chi connectivity index (χ0) is 18.5. The second-order valence-electron chi connectivity index (χ2n) is 6.53. The van der Waals surface area contributed by atoms with Crippen molar-refractivity contribution in [2.45, 2.75) is 6.10 Å². The van der Waals surface area contributed by atoms with Crippen molar-refractivity contribution >= 4 is 11.9 Å². The number of hydrogen-bond donors (Lipinski definition) is 1. The molecule has 0 radical (unpaired) electrons. The summed E-state index contributed by atoms with van der Waals surface area (Å²) in [5.74, 6) is 1.94. The number of aromatic nitrogens is 2. The number of rotatable bonds is 5. The predicted octanol–water partition coefficient (Wildman–Crippen LogP) is 0.555. The molecule has 1 amide bonds. The highest BCUT2D eigenvalue weighted by Crippen LogP contribution is 2.30. The first-order valence-electron chi connectivity index (χ1n) is 9.20. The number of carbonyl (C=O) groups excluding carboxylic acids is 1. The van der Waals surface area contributed by atoms with Crippen LogP contribution in [0.5, 0.6) is 11.5 Å². The normalized spacial score (nSPS) is 19.6. The molecule has 8 heteroatoms. The Morgan fingerprint density at radius 1 is 1.07 bits per heavy atom. The van der Waals surface area contributed by atoms with Crippen LogP contribution in [0.15, 0.2) is 42.7 Å². The van der Waals surface area contributed by atoms with Gasteiger partial charge in [-0.1, -0.05) is 12.1 Å². The minimum absolute atomic E-state index is 0.138. The van der Waals surface area contributed by atoms with E-state index in [0.717, 1.165) is 38.7 Å². The zero-order valence-electron chi connectivity index (χ0n) is 15.1. The summed E-state index contributed by atoms with van der Waals surface area (Å²) in [6.45, 7) is 5.23. The molecule has 1 atom stereocenters. The van der Waals surface area contributed by atoms with Gasteiger partial charge in [0, 0.05) is 51.7 Å². The number of anilines is 1. The highest BCUT2D eigenvalue weighted by Gasteiger charge is 2.27. The molecule has 0 spiro atoms. The number of ether oxygens (including phenoxy) is 2. The fraction of sp³-hybridized carbons (Fsp3) is 0.421.